The smallest absolute Gasteiger partial charge is 0.233 e. The van der Waals surface area contributed by atoms with Crippen LogP contribution in [-0.2, 0) is 10.0 Å². The molecule has 0 fully saturated rings. The Morgan fingerprint density at radius 2 is 1.94 bits per heavy atom. The molecule has 1 aromatic rings. The highest BCUT2D eigenvalue weighted by atomic mass is 32.2. The van der Waals surface area contributed by atoms with E-state index in [9.17, 15) is 8.42 Å². The molecule has 0 heterocycles. The molecule has 18 heavy (non-hydrogen) atoms. The molecular weight excluding hydrogens is 252 g/mol. The summed E-state index contributed by atoms with van der Waals surface area (Å²) in [6, 6.07) is 4.83. The van der Waals surface area contributed by atoms with Crippen LogP contribution >= 0.6 is 0 Å². The van der Waals surface area contributed by atoms with E-state index in [1.807, 2.05) is 20.8 Å². The van der Waals surface area contributed by atoms with E-state index in [2.05, 4.69) is 4.72 Å². The minimum atomic E-state index is -3.41. The molecule has 0 spiro atoms. The molecule has 0 unspecified atom stereocenters. The zero-order valence-corrected chi connectivity index (χ0v) is 12.0. The Labute approximate surface area is 108 Å². The molecule has 102 valence electrons. The van der Waals surface area contributed by atoms with Crippen molar-refractivity contribution in [2.24, 2.45) is 5.41 Å². The van der Waals surface area contributed by atoms with Crippen molar-refractivity contribution in [2.45, 2.75) is 20.8 Å². The molecule has 6 heteroatoms. The van der Waals surface area contributed by atoms with Crippen LogP contribution in [0.2, 0.25) is 0 Å². The van der Waals surface area contributed by atoms with Crippen LogP contribution in [-0.4, -0.2) is 21.3 Å². The van der Waals surface area contributed by atoms with Crippen LogP contribution in [0.3, 0.4) is 0 Å². The number of nitrogens with one attached hydrogen (secondary N) is 1. The van der Waals surface area contributed by atoms with Crippen molar-refractivity contribution >= 4 is 21.4 Å². The SMILES string of the molecule is COc1ccc(NS(=O)(=O)CC(C)(C)C)c(N)c1. The summed E-state index contributed by atoms with van der Waals surface area (Å²) < 4.78 is 31.3. The summed E-state index contributed by atoms with van der Waals surface area (Å²) in [5.41, 5.74) is 6.16. The standard InChI is InChI=1S/C12H20N2O3S/c1-12(2,3)8-18(15,16)14-11-6-5-9(17-4)7-10(11)13/h5-7,14H,8,13H2,1-4H3. The largest absolute Gasteiger partial charge is 0.497 e. The molecule has 0 aliphatic carbocycles. The first kappa shape index (κ1) is 14.6. The van der Waals surface area contributed by atoms with Crippen molar-refractivity contribution in [3.05, 3.63) is 18.2 Å². The molecule has 0 aromatic heterocycles. The van der Waals surface area contributed by atoms with Crippen molar-refractivity contribution in [1.29, 1.82) is 0 Å². The molecule has 3 N–H and O–H groups in total. The van der Waals surface area contributed by atoms with Gasteiger partial charge in [-0.2, -0.15) is 0 Å². The van der Waals surface area contributed by atoms with Crippen molar-refractivity contribution in [2.75, 3.05) is 23.3 Å². The predicted octanol–water partition coefficient (Wildman–Crippen LogP) is 2.07. The highest BCUT2D eigenvalue weighted by Crippen LogP contribution is 2.26. The summed E-state index contributed by atoms with van der Waals surface area (Å²) >= 11 is 0. The van der Waals surface area contributed by atoms with Crippen LogP contribution in [0.4, 0.5) is 11.4 Å². The number of hydrogen-bond donors (Lipinski definition) is 2. The second kappa shape index (κ2) is 5.06. The Balaban J connectivity index is 2.91. The Morgan fingerprint density at radius 3 is 2.39 bits per heavy atom. The third-order valence-corrected chi connectivity index (χ3v) is 3.92. The number of anilines is 2. The molecule has 1 aromatic carbocycles. The lowest BCUT2D eigenvalue weighted by atomic mass is 10.0. The Morgan fingerprint density at radius 1 is 1.33 bits per heavy atom. The van der Waals surface area contributed by atoms with Gasteiger partial charge in [-0.25, -0.2) is 8.42 Å². The normalized spacial score (nSPS) is 12.2. The summed E-state index contributed by atoms with van der Waals surface area (Å²) in [7, 11) is -1.88. The molecule has 0 atom stereocenters. The van der Waals surface area contributed by atoms with Crippen LogP contribution in [0.5, 0.6) is 5.75 Å². The lowest BCUT2D eigenvalue weighted by molar-refractivity contribution is 0.415. The van der Waals surface area contributed by atoms with Crippen LogP contribution < -0.4 is 15.2 Å². The number of rotatable bonds is 4. The van der Waals surface area contributed by atoms with Crippen molar-refractivity contribution in [1.82, 2.24) is 0 Å². The first-order chi connectivity index (χ1) is 8.13. The van der Waals surface area contributed by atoms with Gasteiger partial charge in [-0.15, -0.1) is 0 Å². The number of nitrogen functional groups attached to an aromatic ring is 1. The Kier molecular flexibility index (Phi) is 4.11. The maximum atomic E-state index is 11.9. The van der Waals surface area contributed by atoms with E-state index in [1.54, 1.807) is 18.2 Å². The molecule has 5 nitrogen and oxygen atoms in total. The van der Waals surface area contributed by atoms with Gasteiger partial charge in [0.15, 0.2) is 0 Å². The number of ether oxygens (including phenoxy) is 1. The van der Waals surface area contributed by atoms with Crippen LogP contribution in [0.1, 0.15) is 20.8 Å². The summed E-state index contributed by atoms with van der Waals surface area (Å²) in [5.74, 6) is 0.622. The average molecular weight is 272 g/mol. The molecule has 0 radical (unpaired) electrons. The van der Waals surface area contributed by atoms with Gasteiger partial charge in [0, 0.05) is 6.07 Å². The molecule has 0 saturated heterocycles. The minimum absolute atomic E-state index is 0.0332. The van der Waals surface area contributed by atoms with E-state index >= 15 is 0 Å². The zero-order valence-electron chi connectivity index (χ0n) is 11.1. The van der Waals surface area contributed by atoms with E-state index in [-0.39, 0.29) is 11.2 Å². The van der Waals surface area contributed by atoms with E-state index in [4.69, 9.17) is 10.5 Å². The van der Waals surface area contributed by atoms with Gasteiger partial charge in [0.2, 0.25) is 10.0 Å². The van der Waals surface area contributed by atoms with Gasteiger partial charge in [0.1, 0.15) is 5.75 Å². The molecule has 0 aliphatic heterocycles. The maximum absolute atomic E-state index is 11.9. The number of hydrogen-bond acceptors (Lipinski definition) is 4. The first-order valence-corrected chi connectivity index (χ1v) is 7.22. The quantitative estimate of drug-likeness (QED) is 0.822. The predicted molar refractivity (Wildman–Crippen MR) is 74.3 cm³/mol. The first-order valence-electron chi connectivity index (χ1n) is 5.57. The van der Waals surface area contributed by atoms with Crippen LogP contribution in [0, 0.1) is 5.41 Å². The fourth-order valence-electron chi connectivity index (χ4n) is 1.53. The van der Waals surface area contributed by atoms with Gasteiger partial charge in [0.05, 0.1) is 24.2 Å². The molecule has 0 bridgehead atoms. The summed E-state index contributed by atoms with van der Waals surface area (Å²) in [6.07, 6.45) is 0. The van der Waals surface area contributed by atoms with E-state index in [1.165, 1.54) is 7.11 Å². The molecule has 0 amide bonds. The van der Waals surface area contributed by atoms with E-state index < -0.39 is 10.0 Å². The Hall–Kier alpha value is -1.43. The third kappa shape index (κ3) is 4.44. The van der Waals surface area contributed by atoms with Crippen molar-refractivity contribution < 1.29 is 13.2 Å². The molecule has 1 rings (SSSR count). The van der Waals surface area contributed by atoms with E-state index in [0.717, 1.165) is 0 Å². The number of sulfonamides is 1. The van der Waals surface area contributed by atoms with Gasteiger partial charge in [0.25, 0.3) is 0 Å². The van der Waals surface area contributed by atoms with Crippen molar-refractivity contribution in [3.63, 3.8) is 0 Å². The lowest BCUT2D eigenvalue weighted by Gasteiger charge is -2.19. The minimum Gasteiger partial charge on any atom is -0.497 e. The van der Waals surface area contributed by atoms with E-state index in [0.29, 0.717) is 17.1 Å². The third-order valence-electron chi connectivity index (χ3n) is 2.15. The lowest BCUT2D eigenvalue weighted by Crippen LogP contribution is -2.26. The zero-order chi connectivity index (χ0) is 14.0. The van der Waals surface area contributed by atoms with Gasteiger partial charge in [-0.05, 0) is 17.5 Å². The number of nitrogens with two attached hydrogens (primary N) is 1. The average Bonchev–Trinajstić information content (AvgIpc) is 2.17. The maximum Gasteiger partial charge on any atom is 0.233 e. The fraction of sp³-hybridized carbons (Fsp3) is 0.500. The molecule has 0 aliphatic rings. The summed E-state index contributed by atoms with van der Waals surface area (Å²) in [6.45, 7) is 5.59. The van der Waals surface area contributed by atoms with Crippen molar-refractivity contribution in [3.8, 4) is 5.75 Å². The summed E-state index contributed by atoms with van der Waals surface area (Å²) in [4.78, 5) is 0. The van der Waals surface area contributed by atoms with Gasteiger partial charge in [-0.1, -0.05) is 20.8 Å². The molecular formula is C12H20N2O3S. The monoisotopic (exact) mass is 272 g/mol. The fourth-order valence-corrected chi connectivity index (χ4v) is 3.27. The highest BCUT2D eigenvalue weighted by molar-refractivity contribution is 7.92. The van der Waals surface area contributed by atoms with Gasteiger partial charge in [-0.3, -0.25) is 4.72 Å². The van der Waals surface area contributed by atoms with Gasteiger partial charge < -0.3 is 10.5 Å². The Bertz CT molecular complexity index is 519. The second-order valence-electron chi connectivity index (χ2n) is 5.37. The summed E-state index contributed by atoms with van der Waals surface area (Å²) in [5, 5.41) is 0. The number of methoxy groups -OCH3 is 1. The second-order valence-corrected chi connectivity index (χ2v) is 7.10. The topological polar surface area (TPSA) is 81.4 Å². The van der Waals surface area contributed by atoms with Crippen LogP contribution in [0.15, 0.2) is 18.2 Å². The number of benzene rings is 1. The molecule has 0 saturated carbocycles. The van der Waals surface area contributed by atoms with Gasteiger partial charge >= 0.3 is 0 Å². The highest BCUT2D eigenvalue weighted by Gasteiger charge is 2.22. The van der Waals surface area contributed by atoms with Crippen LogP contribution in [0.25, 0.3) is 0 Å².